The van der Waals surface area contributed by atoms with Gasteiger partial charge in [-0.05, 0) is 41.8 Å². The number of rotatable bonds is 8. The zero-order valence-corrected chi connectivity index (χ0v) is 19.8. The second-order valence-electron chi connectivity index (χ2n) is 7.91. The highest BCUT2D eigenvalue weighted by atomic mass is 35.5. The first-order valence-electron chi connectivity index (χ1n) is 10.8. The van der Waals surface area contributed by atoms with Crippen LogP contribution in [0, 0.1) is 11.3 Å². The van der Waals surface area contributed by atoms with Gasteiger partial charge in [-0.3, -0.25) is 9.63 Å². The molecule has 4 rings (SSSR count). The zero-order chi connectivity index (χ0) is 24.8. The second-order valence-corrected chi connectivity index (χ2v) is 8.31. The fraction of sp³-hybridized carbons (Fsp3) is 0.160. The van der Waals surface area contributed by atoms with Crippen LogP contribution in [0.2, 0.25) is 5.02 Å². The fourth-order valence-corrected chi connectivity index (χ4v) is 3.36. The lowest BCUT2D eigenvalue weighted by molar-refractivity contribution is 0.0233. The van der Waals surface area contributed by atoms with E-state index in [0.29, 0.717) is 33.2 Å². The summed E-state index contributed by atoms with van der Waals surface area (Å²) in [5.41, 5.74) is 5.38. The van der Waals surface area contributed by atoms with Crippen molar-refractivity contribution in [2.24, 2.45) is 0 Å². The summed E-state index contributed by atoms with van der Waals surface area (Å²) in [4.78, 5) is 26.1. The molecule has 2 heterocycles. The first-order chi connectivity index (χ1) is 16.9. The Labute approximate surface area is 207 Å². The smallest absolute Gasteiger partial charge is 0.274 e. The number of nitrogens with one attached hydrogen (secondary N) is 2. The fourth-order valence-electron chi connectivity index (χ4n) is 3.18. The molecule has 0 atom stereocenters. The van der Waals surface area contributed by atoms with Crippen molar-refractivity contribution in [3.8, 4) is 11.9 Å². The summed E-state index contributed by atoms with van der Waals surface area (Å²) < 4.78 is 1.60. The molecule has 0 fully saturated rings. The standard InChI is InChI=1S/C25H22ClN7O2/c1-16(2)21-10-11-33(31-21)23-20(26)14-28-25(30-23)29-22-9-8-17(12-19(22)13-27)15-35-32-24(34)18-6-4-3-5-7-18/h3-12,14,16H,15H2,1-2H3,(H,32,34)(H,28,29,30). The molecule has 2 N–H and O–H groups in total. The molecule has 0 bridgehead atoms. The van der Waals surface area contributed by atoms with Crippen molar-refractivity contribution in [3.05, 3.63) is 94.4 Å². The van der Waals surface area contributed by atoms with E-state index >= 15 is 0 Å². The van der Waals surface area contributed by atoms with E-state index in [0.717, 1.165) is 5.69 Å². The number of amides is 1. The molecule has 4 aromatic rings. The highest BCUT2D eigenvalue weighted by molar-refractivity contribution is 6.32. The van der Waals surface area contributed by atoms with E-state index in [2.05, 4.69) is 45.8 Å². The lowest BCUT2D eigenvalue weighted by Gasteiger charge is -2.11. The number of benzene rings is 2. The number of hydrogen-bond acceptors (Lipinski definition) is 7. The Kier molecular flexibility index (Phi) is 7.35. The maximum atomic E-state index is 12.1. The van der Waals surface area contributed by atoms with Crippen molar-refractivity contribution in [1.29, 1.82) is 5.26 Å². The Morgan fingerprint density at radius 2 is 2.00 bits per heavy atom. The maximum Gasteiger partial charge on any atom is 0.274 e. The van der Waals surface area contributed by atoms with Crippen molar-refractivity contribution in [2.45, 2.75) is 26.4 Å². The average Bonchev–Trinajstić information content (AvgIpc) is 3.37. The molecule has 0 aliphatic rings. The van der Waals surface area contributed by atoms with Crippen LogP contribution in [0.5, 0.6) is 0 Å². The molecular weight excluding hydrogens is 466 g/mol. The van der Waals surface area contributed by atoms with Crippen LogP contribution in [0.15, 0.2) is 67.0 Å². The summed E-state index contributed by atoms with van der Waals surface area (Å²) in [5, 5.41) is 17.6. The van der Waals surface area contributed by atoms with E-state index in [4.69, 9.17) is 16.4 Å². The quantitative estimate of drug-likeness (QED) is 0.339. The average molecular weight is 488 g/mol. The largest absolute Gasteiger partial charge is 0.323 e. The Morgan fingerprint density at radius 3 is 2.71 bits per heavy atom. The van der Waals surface area contributed by atoms with Gasteiger partial charge in [0.1, 0.15) is 11.1 Å². The number of aromatic nitrogens is 4. The molecule has 2 aromatic carbocycles. The molecular formula is C25H22ClN7O2. The van der Waals surface area contributed by atoms with E-state index in [1.165, 1.54) is 6.20 Å². The highest BCUT2D eigenvalue weighted by Crippen LogP contribution is 2.24. The van der Waals surface area contributed by atoms with Crippen LogP contribution in [0.1, 0.15) is 46.9 Å². The van der Waals surface area contributed by atoms with Gasteiger partial charge in [0, 0.05) is 11.8 Å². The predicted molar refractivity (Wildman–Crippen MR) is 131 cm³/mol. The molecule has 10 heteroatoms. The molecule has 1 amide bonds. The number of nitriles is 1. The van der Waals surface area contributed by atoms with Crippen molar-refractivity contribution in [1.82, 2.24) is 25.2 Å². The van der Waals surface area contributed by atoms with E-state index in [-0.39, 0.29) is 24.4 Å². The van der Waals surface area contributed by atoms with E-state index < -0.39 is 0 Å². The number of nitrogens with zero attached hydrogens (tertiary/aromatic N) is 5. The van der Waals surface area contributed by atoms with Gasteiger partial charge in [0.05, 0.1) is 29.7 Å². The van der Waals surface area contributed by atoms with Gasteiger partial charge in [0.2, 0.25) is 5.95 Å². The van der Waals surface area contributed by atoms with Gasteiger partial charge in [-0.25, -0.2) is 15.1 Å². The Morgan fingerprint density at radius 1 is 1.20 bits per heavy atom. The topological polar surface area (TPSA) is 118 Å². The molecule has 0 spiro atoms. The normalized spacial score (nSPS) is 10.7. The van der Waals surface area contributed by atoms with Crippen LogP contribution >= 0.6 is 11.6 Å². The van der Waals surface area contributed by atoms with Crippen LogP contribution < -0.4 is 10.8 Å². The number of carbonyl (C=O) groups excluding carboxylic acids is 1. The van der Waals surface area contributed by atoms with E-state index in [9.17, 15) is 10.1 Å². The SMILES string of the molecule is CC(C)c1ccn(-c2nc(Nc3ccc(CONC(=O)c4ccccc4)cc3C#N)ncc2Cl)n1. The molecule has 9 nitrogen and oxygen atoms in total. The van der Waals surface area contributed by atoms with Crippen molar-refractivity contribution < 1.29 is 9.63 Å². The second kappa shape index (κ2) is 10.8. The monoisotopic (exact) mass is 487 g/mol. The zero-order valence-electron chi connectivity index (χ0n) is 19.1. The lowest BCUT2D eigenvalue weighted by Crippen LogP contribution is -2.23. The number of hydroxylamine groups is 1. The van der Waals surface area contributed by atoms with Gasteiger partial charge in [-0.15, -0.1) is 0 Å². The van der Waals surface area contributed by atoms with Crippen LogP contribution in [0.3, 0.4) is 0 Å². The first kappa shape index (κ1) is 23.9. The molecule has 0 aliphatic carbocycles. The van der Waals surface area contributed by atoms with E-state index in [1.807, 2.05) is 12.1 Å². The molecule has 0 aliphatic heterocycles. The Hall–Kier alpha value is -4.26. The van der Waals surface area contributed by atoms with Crippen molar-refractivity contribution in [3.63, 3.8) is 0 Å². The minimum Gasteiger partial charge on any atom is -0.323 e. The lowest BCUT2D eigenvalue weighted by atomic mass is 10.1. The van der Waals surface area contributed by atoms with Gasteiger partial charge in [0.15, 0.2) is 5.82 Å². The summed E-state index contributed by atoms with van der Waals surface area (Å²) in [6.07, 6.45) is 3.27. The third-order valence-corrected chi connectivity index (χ3v) is 5.30. The molecule has 0 saturated heterocycles. The van der Waals surface area contributed by atoms with Crippen LogP contribution in [0.4, 0.5) is 11.6 Å². The van der Waals surface area contributed by atoms with Gasteiger partial charge in [-0.1, -0.05) is 49.7 Å². The highest BCUT2D eigenvalue weighted by Gasteiger charge is 2.13. The number of hydrogen-bond donors (Lipinski definition) is 2. The maximum absolute atomic E-state index is 12.1. The summed E-state index contributed by atoms with van der Waals surface area (Å²) >= 11 is 6.30. The van der Waals surface area contributed by atoms with E-state index in [1.54, 1.807) is 53.3 Å². The third kappa shape index (κ3) is 5.81. The minimum atomic E-state index is -0.349. The Bertz CT molecular complexity index is 1380. The summed E-state index contributed by atoms with van der Waals surface area (Å²) in [6.45, 7) is 4.19. The van der Waals surface area contributed by atoms with Crippen molar-refractivity contribution in [2.75, 3.05) is 5.32 Å². The molecule has 35 heavy (non-hydrogen) atoms. The van der Waals surface area contributed by atoms with Crippen LogP contribution in [0.25, 0.3) is 5.82 Å². The predicted octanol–water partition coefficient (Wildman–Crippen LogP) is 4.92. The summed E-state index contributed by atoms with van der Waals surface area (Å²) in [7, 11) is 0. The molecule has 176 valence electrons. The third-order valence-electron chi connectivity index (χ3n) is 5.03. The Balaban J connectivity index is 1.45. The number of carbonyl (C=O) groups is 1. The molecule has 0 saturated carbocycles. The first-order valence-corrected chi connectivity index (χ1v) is 11.2. The molecule has 0 unspecified atom stereocenters. The molecule has 0 radical (unpaired) electrons. The minimum absolute atomic E-state index is 0.0899. The van der Waals surface area contributed by atoms with Crippen molar-refractivity contribution >= 4 is 29.1 Å². The molecule has 2 aromatic heterocycles. The van der Waals surface area contributed by atoms with Gasteiger partial charge >= 0.3 is 0 Å². The van der Waals surface area contributed by atoms with Gasteiger partial charge < -0.3 is 5.32 Å². The summed E-state index contributed by atoms with van der Waals surface area (Å²) in [6, 6.07) is 18.0. The number of anilines is 2. The van der Waals surface area contributed by atoms with Crippen LogP contribution in [-0.4, -0.2) is 25.7 Å². The summed E-state index contributed by atoms with van der Waals surface area (Å²) in [5.74, 6) is 0.606. The van der Waals surface area contributed by atoms with Gasteiger partial charge in [0.25, 0.3) is 5.91 Å². The van der Waals surface area contributed by atoms with Gasteiger partial charge in [-0.2, -0.15) is 15.3 Å². The number of halogens is 1. The van der Waals surface area contributed by atoms with Crippen LogP contribution in [-0.2, 0) is 11.4 Å².